The zero-order valence-electron chi connectivity index (χ0n) is 15.9. The van der Waals surface area contributed by atoms with E-state index in [1.807, 2.05) is 60.5 Å². The minimum atomic E-state index is -0.290. The summed E-state index contributed by atoms with van der Waals surface area (Å²) in [5.41, 5.74) is 3.21. The van der Waals surface area contributed by atoms with Gasteiger partial charge in [0.2, 0.25) is 5.88 Å². The van der Waals surface area contributed by atoms with Gasteiger partial charge in [0.05, 0.1) is 31.9 Å². The SMILES string of the molecule is CCOc1ccc(C2=CC3COCC(C2)N3C(=O)OCc2ccccc2)cn1. The number of ether oxygens (including phenoxy) is 3. The van der Waals surface area contributed by atoms with Gasteiger partial charge in [-0.15, -0.1) is 0 Å². The fourth-order valence-corrected chi connectivity index (χ4v) is 3.69. The standard InChI is InChI=1S/C22H24N2O4/c1-2-27-21-9-8-17(12-23-21)18-10-19-14-26-15-20(11-18)24(19)22(25)28-13-16-6-4-3-5-7-16/h3-10,12,19-20H,2,11,13-15H2,1H3. The fraction of sp³-hybridized carbons (Fsp3) is 0.364. The molecule has 2 unspecified atom stereocenters. The Morgan fingerprint density at radius 1 is 1.21 bits per heavy atom. The molecule has 2 aromatic rings. The van der Waals surface area contributed by atoms with E-state index in [9.17, 15) is 4.79 Å². The lowest BCUT2D eigenvalue weighted by Gasteiger charge is -2.43. The number of hydrogen-bond acceptors (Lipinski definition) is 5. The van der Waals surface area contributed by atoms with Gasteiger partial charge in [-0.05, 0) is 36.1 Å². The fourth-order valence-electron chi connectivity index (χ4n) is 3.69. The van der Waals surface area contributed by atoms with Crippen LogP contribution in [0.4, 0.5) is 4.79 Å². The Balaban J connectivity index is 1.47. The van der Waals surface area contributed by atoms with Crippen molar-refractivity contribution < 1.29 is 19.0 Å². The van der Waals surface area contributed by atoms with Crippen LogP contribution in [-0.4, -0.2) is 47.9 Å². The third kappa shape index (κ3) is 4.02. The zero-order chi connectivity index (χ0) is 19.3. The van der Waals surface area contributed by atoms with Crippen molar-refractivity contribution in [2.45, 2.75) is 32.0 Å². The number of hydrogen-bond donors (Lipinski definition) is 0. The van der Waals surface area contributed by atoms with Crippen molar-refractivity contribution in [1.82, 2.24) is 9.88 Å². The van der Waals surface area contributed by atoms with E-state index in [4.69, 9.17) is 14.2 Å². The molecule has 0 saturated carbocycles. The van der Waals surface area contributed by atoms with Gasteiger partial charge >= 0.3 is 6.09 Å². The monoisotopic (exact) mass is 380 g/mol. The summed E-state index contributed by atoms with van der Waals surface area (Å²) in [7, 11) is 0. The largest absolute Gasteiger partial charge is 0.478 e. The van der Waals surface area contributed by atoms with Crippen molar-refractivity contribution in [3.63, 3.8) is 0 Å². The summed E-state index contributed by atoms with van der Waals surface area (Å²) in [6.45, 7) is 3.79. The van der Waals surface area contributed by atoms with Gasteiger partial charge in [0.1, 0.15) is 6.61 Å². The van der Waals surface area contributed by atoms with Crippen LogP contribution in [0.1, 0.15) is 24.5 Å². The Morgan fingerprint density at radius 2 is 2.07 bits per heavy atom. The van der Waals surface area contributed by atoms with E-state index in [1.165, 1.54) is 5.57 Å². The molecule has 0 radical (unpaired) electrons. The average Bonchev–Trinajstić information content (AvgIpc) is 2.72. The maximum atomic E-state index is 12.7. The molecule has 2 aliphatic heterocycles. The molecule has 2 aliphatic rings. The first-order valence-electron chi connectivity index (χ1n) is 9.61. The second kappa shape index (κ2) is 8.44. The Labute approximate surface area is 164 Å². The van der Waals surface area contributed by atoms with Crippen LogP contribution in [0.5, 0.6) is 5.88 Å². The first-order chi connectivity index (χ1) is 13.7. The molecule has 1 amide bonds. The molecule has 0 N–H and O–H groups in total. The van der Waals surface area contributed by atoms with E-state index in [0.717, 1.165) is 11.1 Å². The van der Waals surface area contributed by atoms with Crippen molar-refractivity contribution >= 4 is 11.7 Å². The van der Waals surface area contributed by atoms with Crippen molar-refractivity contribution in [2.24, 2.45) is 0 Å². The van der Waals surface area contributed by atoms with Crippen LogP contribution < -0.4 is 4.74 Å². The highest BCUT2D eigenvalue weighted by Crippen LogP contribution is 2.33. The second-order valence-electron chi connectivity index (χ2n) is 6.92. The molecule has 1 saturated heterocycles. The molecule has 2 atom stereocenters. The maximum absolute atomic E-state index is 12.7. The highest BCUT2D eigenvalue weighted by Gasteiger charge is 2.39. The van der Waals surface area contributed by atoms with E-state index in [-0.39, 0.29) is 24.8 Å². The number of morpholine rings is 1. The van der Waals surface area contributed by atoms with Crippen LogP contribution in [0.3, 0.4) is 0 Å². The first-order valence-corrected chi connectivity index (χ1v) is 9.61. The van der Waals surface area contributed by atoms with Crippen LogP contribution in [0.15, 0.2) is 54.7 Å². The average molecular weight is 380 g/mol. The molecule has 6 heteroatoms. The Morgan fingerprint density at radius 3 is 2.79 bits per heavy atom. The smallest absolute Gasteiger partial charge is 0.411 e. The van der Waals surface area contributed by atoms with Gasteiger partial charge in [-0.2, -0.15) is 0 Å². The molecule has 2 bridgehead atoms. The Kier molecular flexibility index (Phi) is 5.58. The topological polar surface area (TPSA) is 60.9 Å². The third-order valence-corrected chi connectivity index (χ3v) is 5.01. The lowest BCUT2D eigenvalue weighted by molar-refractivity contribution is -0.0342. The maximum Gasteiger partial charge on any atom is 0.411 e. The van der Waals surface area contributed by atoms with Gasteiger partial charge in [0, 0.05) is 12.3 Å². The normalized spacial score (nSPS) is 21.0. The number of amides is 1. The second-order valence-corrected chi connectivity index (χ2v) is 6.92. The lowest BCUT2D eigenvalue weighted by atomic mass is 9.91. The summed E-state index contributed by atoms with van der Waals surface area (Å²) < 4.78 is 16.7. The van der Waals surface area contributed by atoms with Crippen LogP contribution in [0.25, 0.3) is 5.57 Å². The quantitative estimate of drug-likeness (QED) is 0.792. The minimum absolute atomic E-state index is 0.0337. The number of carbonyl (C=O) groups is 1. The molecule has 3 heterocycles. The first kappa shape index (κ1) is 18.5. The third-order valence-electron chi connectivity index (χ3n) is 5.01. The van der Waals surface area contributed by atoms with Gasteiger partial charge in [-0.1, -0.05) is 36.4 Å². The van der Waals surface area contributed by atoms with Crippen LogP contribution >= 0.6 is 0 Å². The van der Waals surface area contributed by atoms with E-state index < -0.39 is 0 Å². The molecule has 1 fully saturated rings. The van der Waals surface area contributed by atoms with E-state index in [1.54, 1.807) is 0 Å². The lowest BCUT2D eigenvalue weighted by Crippen LogP contribution is -2.56. The Bertz CT molecular complexity index is 835. The highest BCUT2D eigenvalue weighted by atomic mass is 16.6. The minimum Gasteiger partial charge on any atom is -0.478 e. The van der Waals surface area contributed by atoms with Crippen molar-refractivity contribution in [3.05, 3.63) is 65.9 Å². The van der Waals surface area contributed by atoms with Crippen molar-refractivity contribution in [1.29, 1.82) is 0 Å². The molecule has 6 nitrogen and oxygen atoms in total. The molecule has 28 heavy (non-hydrogen) atoms. The summed E-state index contributed by atoms with van der Waals surface area (Å²) in [6.07, 6.45) is 4.35. The summed E-state index contributed by atoms with van der Waals surface area (Å²) in [4.78, 5) is 18.9. The van der Waals surface area contributed by atoms with E-state index in [2.05, 4.69) is 11.1 Å². The van der Waals surface area contributed by atoms with E-state index in [0.29, 0.717) is 32.1 Å². The molecular weight excluding hydrogens is 356 g/mol. The number of carbonyl (C=O) groups excluding carboxylic acids is 1. The van der Waals surface area contributed by atoms with Crippen molar-refractivity contribution in [3.8, 4) is 5.88 Å². The van der Waals surface area contributed by atoms with Crippen LogP contribution in [0.2, 0.25) is 0 Å². The summed E-state index contributed by atoms with van der Waals surface area (Å²) in [6, 6.07) is 13.5. The number of rotatable bonds is 5. The van der Waals surface area contributed by atoms with Gasteiger partial charge in [0.25, 0.3) is 0 Å². The van der Waals surface area contributed by atoms with E-state index >= 15 is 0 Å². The number of benzene rings is 1. The van der Waals surface area contributed by atoms with Crippen LogP contribution in [0, 0.1) is 0 Å². The van der Waals surface area contributed by atoms with Gasteiger partial charge in [-0.25, -0.2) is 9.78 Å². The van der Waals surface area contributed by atoms with Crippen LogP contribution in [-0.2, 0) is 16.1 Å². The molecular formula is C22H24N2O4. The Hall–Kier alpha value is -2.86. The molecule has 0 aliphatic carbocycles. The molecule has 1 aromatic heterocycles. The van der Waals surface area contributed by atoms with Gasteiger partial charge < -0.3 is 14.2 Å². The van der Waals surface area contributed by atoms with Gasteiger partial charge in [0.15, 0.2) is 0 Å². The molecule has 4 rings (SSSR count). The molecule has 0 spiro atoms. The zero-order valence-corrected chi connectivity index (χ0v) is 15.9. The molecule has 1 aromatic carbocycles. The number of nitrogens with zero attached hydrogens (tertiary/aromatic N) is 2. The van der Waals surface area contributed by atoms with Gasteiger partial charge in [-0.3, -0.25) is 4.90 Å². The summed E-state index contributed by atoms with van der Waals surface area (Å²) in [5, 5.41) is 0. The number of fused-ring (bicyclic) bond motifs is 2. The van der Waals surface area contributed by atoms with Crippen molar-refractivity contribution in [2.75, 3.05) is 19.8 Å². The summed E-state index contributed by atoms with van der Waals surface area (Å²) in [5.74, 6) is 0.623. The number of pyridine rings is 1. The highest BCUT2D eigenvalue weighted by molar-refractivity contribution is 5.74. The summed E-state index contributed by atoms with van der Waals surface area (Å²) >= 11 is 0. The predicted molar refractivity (Wildman–Crippen MR) is 105 cm³/mol. The number of aromatic nitrogens is 1. The predicted octanol–water partition coefficient (Wildman–Crippen LogP) is 3.67. The molecule has 146 valence electrons.